The van der Waals surface area contributed by atoms with Crippen LogP contribution in [-0.4, -0.2) is 31.0 Å². The molecule has 5 N–H and O–H groups in total. The third-order valence-corrected chi connectivity index (χ3v) is 8.32. The summed E-state index contributed by atoms with van der Waals surface area (Å²) in [5, 5.41) is 13.7. The molecule has 0 spiro atoms. The Balaban J connectivity index is 1.92. The lowest BCUT2D eigenvalue weighted by Crippen LogP contribution is -2.14. The summed E-state index contributed by atoms with van der Waals surface area (Å²) in [5.41, 5.74) is 13.8. The van der Waals surface area contributed by atoms with Gasteiger partial charge in [-0.2, -0.15) is 0 Å². The molecule has 8 bridgehead atoms. The Morgan fingerprint density at radius 2 is 1.34 bits per heavy atom. The van der Waals surface area contributed by atoms with Crippen molar-refractivity contribution in [2.45, 2.75) is 74.1 Å². The lowest BCUT2D eigenvalue weighted by molar-refractivity contribution is -0.136. The van der Waals surface area contributed by atoms with Crippen molar-refractivity contribution in [1.29, 1.82) is 0 Å². The average Bonchev–Trinajstić information content (AvgIpc) is 3.57. The minimum atomic E-state index is -0.786. The van der Waals surface area contributed by atoms with Crippen LogP contribution in [0.4, 0.5) is 0 Å². The first-order chi connectivity index (χ1) is 18.1. The monoisotopic (exact) mass is 510 g/mol. The van der Waals surface area contributed by atoms with Gasteiger partial charge >= 0.3 is 5.97 Å². The second-order valence-electron chi connectivity index (χ2n) is 10.6. The molecule has 0 amide bonds. The van der Waals surface area contributed by atoms with E-state index in [1.165, 1.54) is 27.8 Å². The average molecular weight is 511 g/mol. The third-order valence-electron chi connectivity index (χ3n) is 8.32. The van der Waals surface area contributed by atoms with Crippen LogP contribution in [0.15, 0.2) is 6.07 Å². The second kappa shape index (κ2) is 9.75. The van der Waals surface area contributed by atoms with Crippen LogP contribution in [0.3, 0.4) is 0 Å². The molecular weight excluding hydrogens is 472 g/mol. The molecule has 4 aromatic rings. The molecule has 0 aromatic carbocycles. The van der Waals surface area contributed by atoms with Crippen molar-refractivity contribution >= 4 is 29.8 Å². The number of carboxylic acids is 1. The van der Waals surface area contributed by atoms with Crippen LogP contribution in [-0.2, 0) is 24.1 Å². The van der Waals surface area contributed by atoms with Crippen LogP contribution >= 0.6 is 0 Å². The zero-order valence-corrected chi connectivity index (χ0v) is 23.5. The summed E-state index contributed by atoms with van der Waals surface area (Å²) in [6.45, 7) is 15.1. The number of aromatic amines is 4. The summed E-state index contributed by atoms with van der Waals surface area (Å²) >= 11 is 0. The fourth-order valence-electron chi connectivity index (χ4n) is 5.96. The van der Waals surface area contributed by atoms with Crippen molar-refractivity contribution in [1.82, 2.24) is 19.9 Å². The van der Waals surface area contributed by atoms with E-state index in [0.717, 1.165) is 73.7 Å². The van der Waals surface area contributed by atoms with Gasteiger partial charge in [-0.15, -0.1) is 0 Å². The Kier molecular flexibility index (Phi) is 6.59. The van der Waals surface area contributed by atoms with Crippen molar-refractivity contribution in [3.05, 3.63) is 89.2 Å². The maximum atomic E-state index is 11.5. The summed E-state index contributed by atoms with van der Waals surface area (Å²) in [6, 6.07) is 2.18. The molecule has 4 aromatic heterocycles. The Morgan fingerprint density at radius 3 is 2.03 bits per heavy atom. The molecule has 5 heterocycles. The van der Waals surface area contributed by atoms with Crippen molar-refractivity contribution in [3.63, 3.8) is 0 Å². The van der Waals surface area contributed by atoms with E-state index < -0.39 is 5.97 Å². The van der Waals surface area contributed by atoms with Crippen LogP contribution in [0, 0.1) is 27.7 Å². The van der Waals surface area contributed by atoms with Gasteiger partial charge in [-0.3, -0.25) is 4.79 Å². The van der Waals surface area contributed by atoms with Gasteiger partial charge in [-0.25, -0.2) is 0 Å². The molecule has 0 radical (unpaired) electrons. The predicted octanol–water partition coefficient (Wildman–Crippen LogP) is 3.39. The number of fused-ring (bicyclic) bond motifs is 8. The molecular formula is C32H38N4O2. The van der Waals surface area contributed by atoms with Gasteiger partial charge in [0.1, 0.15) is 0 Å². The zero-order valence-electron chi connectivity index (χ0n) is 23.5. The molecule has 5 rings (SSSR count). The number of aromatic nitrogens is 4. The van der Waals surface area contributed by atoms with E-state index >= 15 is 0 Å². The maximum Gasteiger partial charge on any atom is 0.303 e. The van der Waals surface area contributed by atoms with E-state index in [2.05, 4.69) is 92.7 Å². The van der Waals surface area contributed by atoms with Gasteiger partial charge in [0, 0.05) is 50.6 Å². The highest BCUT2D eigenvalue weighted by Crippen LogP contribution is 2.26. The Labute approximate surface area is 222 Å². The van der Waals surface area contributed by atoms with Gasteiger partial charge in [-0.05, 0) is 123 Å². The largest absolute Gasteiger partial charge is 0.481 e. The number of rotatable bonds is 5. The van der Waals surface area contributed by atoms with Crippen LogP contribution in [0.25, 0.3) is 23.8 Å². The first-order valence-corrected chi connectivity index (χ1v) is 13.6. The van der Waals surface area contributed by atoms with Gasteiger partial charge in [-0.1, -0.05) is 13.8 Å². The lowest BCUT2D eigenvalue weighted by atomic mass is 10.0. The second-order valence-corrected chi connectivity index (χ2v) is 10.6. The molecule has 6 heteroatoms. The van der Waals surface area contributed by atoms with E-state index in [0.29, 0.717) is 6.42 Å². The topological polar surface area (TPSA) is 100 Å². The van der Waals surface area contributed by atoms with Gasteiger partial charge in [0.25, 0.3) is 0 Å². The molecule has 0 atom stereocenters. The minimum absolute atomic E-state index is 0.0932. The molecule has 38 heavy (non-hydrogen) atoms. The maximum absolute atomic E-state index is 11.5. The summed E-state index contributed by atoms with van der Waals surface area (Å²) in [5.74, 6) is -0.786. The predicted molar refractivity (Wildman–Crippen MR) is 154 cm³/mol. The molecule has 1 aliphatic heterocycles. The fourth-order valence-corrected chi connectivity index (χ4v) is 5.96. The van der Waals surface area contributed by atoms with Crippen molar-refractivity contribution in [2.75, 3.05) is 0 Å². The number of aliphatic carboxylic acids is 1. The van der Waals surface area contributed by atoms with Crippen molar-refractivity contribution < 1.29 is 9.90 Å². The first-order valence-electron chi connectivity index (χ1n) is 13.6. The minimum Gasteiger partial charge on any atom is -0.481 e. The number of hydrogen-bond acceptors (Lipinski definition) is 1. The van der Waals surface area contributed by atoms with Gasteiger partial charge in [0.15, 0.2) is 0 Å². The zero-order chi connectivity index (χ0) is 27.3. The van der Waals surface area contributed by atoms with E-state index in [4.69, 9.17) is 0 Å². The number of aryl methyl sites for hydroxylation is 1. The molecule has 0 unspecified atom stereocenters. The molecule has 0 fully saturated rings. The number of carboxylic acid groups (broad SMARTS) is 1. The van der Waals surface area contributed by atoms with Gasteiger partial charge in [0.2, 0.25) is 0 Å². The van der Waals surface area contributed by atoms with Crippen LogP contribution in [0.5, 0.6) is 0 Å². The SMILES string of the molecule is CCc1c2[nH]c(c1C)C=c1[nH]c(c(C)c1CC)=Cc1[nH]c(c(CCC(=O)O)c1C)C(C)=c1cc(C)c([nH]1)=C2. The van der Waals surface area contributed by atoms with E-state index in [1.54, 1.807) is 0 Å². The molecule has 1 aliphatic rings. The number of H-pyrrole nitrogens is 4. The van der Waals surface area contributed by atoms with Crippen molar-refractivity contribution in [2.24, 2.45) is 0 Å². The summed E-state index contributed by atoms with van der Waals surface area (Å²) < 4.78 is 0. The van der Waals surface area contributed by atoms with Gasteiger partial charge < -0.3 is 25.0 Å². The standard InChI is InChI=1S/C32H38N4O2/c1-8-21-18(5)27-15-30-22(9-2)17(4)26(34-30)14-28-19(6)23(10-11-31(37)38)32(36-28)20(7)25-12-16(3)24(33-25)13-29(21)35-27/h12-15,33-36H,8-11H2,1-7H3,(H,37,38). The first kappa shape index (κ1) is 25.7. The Hall–Kier alpha value is -3.93. The fraction of sp³-hybridized carbons (Fsp3) is 0.344. The highest BCUT2D eigenvalue weighted by molar-refractivity contribution is 5.72. The normalized spacial score (nSPS) is 12.8. The summed E-state index contributed by atoms with van der Waals surface area (Å²) in [7, 11) is 0. The van der Waals surface area contributed by atoms with E-state index in [-0.39, 0.29) is 6.42 Å². The smallest absolute Gasteiger partial charge is 0.303 e. The molecule has 0 aliphatic carbocycles. The van der Waals surface area contributed by atoms with Crippen molar-refractivity contribution in [3.8, 4) is 0 Å². The molecule has 0 saturated heterocycles. The number of nitrogens with one attached hydrogen (secondary N) is 4. The van der Waals surface area contributed by atoms with Crippen LogP contribution in [0.1, 0.15) is 88.9 Å². The highest BCUT2D eigenvalue weighted by atomic mass is 16.4. The lowest BCUT2D eigenvalue weighted by Gasteiger charge is -2.04. The third kappa shape index (κ3) is 4.28. The Morgan fingerprint density at radius 1 is 0.711 bits per heavy atom. The van der Waals surface area contributed by atoms with E-state index in [1.807, 2.05) is 0 Å². The highest BCUT2D eigenvalue weighted by Gasteiger charge is 2.18. The van der Waals surface area contributed by atoms with E-state index in [9.17, 15) is 9.90 Å². The van der Waals surface area contributed by atoms with Crippen LogP contribution in [0.2, 0.25) is 0 Å². The van der Waals surface area contributed by atoms with Gasteiger partial charge in [0.05, 0.1) is 0 Å². The molecule has 0 saturated carbocycles. The number of hydrogen-bond donors (Lipinski definition) is 5. The summed E-state index contributed by atoms with van der Waals surface area (Å²) in [4.78, 5) is 26.2. The molecule has 6 nitrogen and oxygen atoms in total. The number of carbonyl (C=O) groups is 1. The van der Waals surface area contributed by atoms with Crippen LogP contribution < -0.4 is 21.4 Å². The molecule has 198 valence electrons. The Bertz CT molecular complexity index is 1820. The quantitative estimate of drug-likeness (QED) is 0.284. The summed E-state index contributed by atoms with van der Waals surface area (Å²) in [6.07, 6.45) is 9.09.